The predicted molar refractivity (Wildman–Crippen MR) is 61.4 cm³/mol. The fourth-order valence-electron chi connectivity index (χ4n) is 1.43. The maximum absolute atomic E-state index is 12.2. The third-order valence-electron chi connectivity index (χ3n) is 2.17. The van der Waals surface area contributed by atoms with Crippen LogP contribution < -0.4 is 5.63 Å². The number of rotatable bonds is 2. The Morgan fingerprint density at radius 3 is 2.53 bits per heavy atom. The Morgan fingerprint density at radius 2 is 1.95 bits per heavy atom. The lowest BCUT2D eigenvalue weighted by Gasteiger charge is -2.05. The zero-order chi connectivity index (χ0) is 14.2. The highest BCUT2D eigenvalue weighted by Gasteiger charge is 2.31. The molecular formula is C11H5F3O4S. The third-order valence-corrected chi connectivity index (χ3v) is 2.91. The number of halogens is 3. The minimum atomic E-state index is -4.62. The summed E-state index contributed by atoms with van der Waals surface area (Å²) < 4.78 is 41.4. The predicted octanol–water partition coefficient (Wildman–Crippen LogP) is 3.10. The number of carbonyl (C=O) groups is 1. The summed E-state index contributed by atoms with van der Waals surface area (Å²) >= 11 is -0.597. The molecule has 1 aromatic carbocycles. The highest BCUT2D eigenvalue weighted by Crippen LogP contribution is 2.36. The van der Waals surface area contributed by atoms with Gasteiger partial charge in [0.2, 0.25) is 0 Å². The van der Waals surface area contributed by atoms with Crippen LogP contribution in [-0.4, -0.2) is 16.6 Å². The van der Waals surface area contributed by atoms with Crippen molar-refractivity contribution in [1.82, 2.24) is 0 Å². The Bertz CT molecular complexity index is 705. The molecule has 19 heavy (non-hydrogen) atoms. The Kier molecular flexibility index (Phi) is 3.27. The molecule has 1 N–H and O–H groups in total. The molecule has 1 aromatic heterocycles. The van der Waals surface area contributed by atoms with Crippen LogP contribution in [0.25, 0.3) is 11.0 Å². The molecular weight excluding hydrogens is 285 g/mol. The number of benzene rings is 1. The van der Waals surface area contributed by atoms with E-state index in [9.17, 15) is 22.8 Å². The summed E-state index contributed by atoms with van der Waals surface area (Å²) in [6.45, 7) is 0. The molecule has 0 amide bonds. The van der Waals surface area contributed by atoms with Gasteiger partial charge in [0.05, 0.1) is 5.56 Å². The Morgan fingerprint density at radius 1 is 1.26 bits per heavy atom. The summed E-state index contributed by atoms with van der Waals surface area (Å²) in [6.07, 6.45) is 0. The lowest BCUT2D eigenvalue weighted by Crippen LogP contribution is -2.08. The first-order chi connectivity index (χ1) is 8.76. The van der Waals surface area contributed by atoms with Crippen LogP contribution in [-0.2, 0) is 0 Å². The van der Waals surface area contributed by atoms with E-state index < -0.39 is 33.8 Å². The van der Waals surface area contributed by atoms with Crippen LogP contribution in [0.3, 0.4) is 0 Å². The number of hydrogen-bond donors (Lipinski definition) is 1. The molecule has 0 atom stereocenters. The summed E-state index contributed by atoms with van der Waals surface area (Å²) in [4.78, 5) is 21.4. The van der Waals surface area contributed by atoms with Crippen LogP contribution in [0.15, 0.2) is 38.4 Å². The van der Waals surface area contributed by atoms with Crippen molar-refractivity contribution in [2.75, 3.05) is 0 Å². The zero-order valence-corrected chi connectivity index (χ0v) is 9.84. The van der Waals surface area contributed by atoms with E-state index in [1.54, 1.807) is 0 Å². The summed E-state index contributed by atoms with van der Waals surface area (Å²) in [5.41, 5.74) is -5.81. The van der Waals surface area contributed by atoms with Crippen molar-refractivity contribution >= 4 is 28.7 Å². The van der Waals surface area contributed by atoms with E-state index in [-0.39, 0.29) is 16.5 Å². The third kappa shape index (κ3) is 3.08. The molecule has 0 aliphatic rings. The van der Waals surface area contributed by atoms with Gasteiger partial charge in [0.25, 0.3) is 0 Å². The van der Waals surface area contributed by atoms with Crippen molar-refractivity contribution < 1.29 is 27.5 Å². The second-order valence-electron chi connectivity index (χ2n) is 3.50. The number of thioether (sulfide) groups is 1. The van der Waals surface area contributed by atoms with E-state index in [1.807, 2.05) is 0 Å². The number of aromatic carboxylic acids is 1. The normalized spacial score (nSPS) is 11.7. The van der Waals surface area contributed by atoms with E-state index in [2.05, 4.69) is 0 Å². The van der Waals surface area contributed by atoms with Crippen LogP contribution in [0.2, 0.25) is 0 Å². The molecule has 2 rings (SSSR count). The van der Waals surface area contributed by atoms with E-state index >= 15 is 0 Å². The first-order valence-electron chi connectivity index (χ1n) is 4.83. The van der Waals surface area contributed by atoms with E-state index in [4.69, 9.17) is 9.52 Å². The zero-order valence-electron chi connectivity index (χ0n) is 9.02. The minimum Gasteiger partial charge on any atom is -0.478 e. The van der Waals surface area contributed by atoms with Gasteiger partial charge in [-0.1, -0.05) is 0 Å². The first kappa shape index (κ1) is 13.5. The standard InChI is InChI=1S/C11H5F3O4S/c12-11(13,14)19-8-4-6-3-5(9(15)16)1-2-7(6)18-10(8)17/h1-4H,(H,15,16). The molecule has 0 saturated heterocycles. The fourth-order valence-corrected chi connectivity index (χ4v) is 1.99. The minimum absolute atomic E-state index is 0.0292. The molecule has 1 heterocycles. The highest BCUT2D eigenvalue weighted by molar-refractivity contribution is 8.00. The molecule has 0 fully saturated rings. The van der Waals surface area contributed by atoms with Crippen LogP contribution in [0.4, 0.5) is 13.2 Å². The Labute approximate surface area is 107 Å². The number of carboxylic acid groups (broad SMARTS) is 1. The second-order valence-corrected chi connectivity index (χ2v) is 4.61. The fraction of sp³-hybridized carbons (Fsp3) is 0.0909. The van der Waals surface area contributed by atoms with Gasteiger partial charge in [0.1, 0.15) is 10.5 Å². The molecule has 0 saturated carbocycles. The van der Waals surface area contributed by atoms with Gasteiger partial charge in [-0.3, -0.25) is 0 Å². The van der Waals surface area contributed by atoms with Crippen molar-refractivity contribution in [3.8, 4) is 0 Å². The van der Waals surface area contributed by atoms with Gasteiger partial charge >= 0.3 is 17.1 Å². The van der Waals surface area contributed by atoms with Crippen molar-refractivity contribution in [2.45, 2.75) is 10.4 Å². The molecule has 4 nitrogen and oxygen atoms in total. The average Bonchev–Trinajstić information content (AvgIpc) is 2.27. The number of fused-ring (bicyclic) bond motifs is 1. The SMILES string of the molecule is O=C(O)c1ccc2oc(=O)c(SC(F)(F)F)cc2c1. The summed E-state index contributed by atoms with van der Waals surface area (Å²) in [5, 5.41) is 8.89. The summed E-state index contributed by atoms with van der Waals surface area (Å²) in [7, 11) is 0. The largest absolute Gasteiger partial charge is 0.478 e. The van der Waals surface area contributed by atoms with E-state index in [0.29, 0.717) is 0 Å². The molecule has 100 valence electrons. The molecule has 0 aliphatic carbocycles. The van der Waals surface area contributed by atoms with Crippen LogP contribution in [0.1, 0.15) is 10.4 Å². The maximum atomic E-state index is 12.2. The monoisotopic (exact) mass is 290 g/mol. The highest BCUT2D eigenvalue weighted by atomic mass is 32.2. The number of carboxylic acids is 1. The van der Waals surface area contributed by atoms with E-state index in [0.717, 1.165) is 12.1 Å². The van der Waals surface area contributed by atoms with Gasteiger partial charge in [0, 0.05) is 5.39 Å². The quantitative estimate of drug-likeness (QED) is 0.680. The van der Waals surface area contributed by atoms with Crippen LogP contribution >= 0.6 is 11.8 Å². The van der Waals surface area contributed by atoms with Crippen molar-refractivity contribution in [2.24, 2.45) is 0 Å². The van der Waals surface area contributed by atoms with Crippen LogP contribution in [0.5, 0.6) is 0 Å². The lowest BCUT2D eigenvalue weighted by atomic mass is 10.1. The second kappa shape index (κ2) is 4.61. The van der Waals surface area contributed by atoms with Gasteiger partial charge in [0.15, 0.2) is 0 Å². The Hall–Kier alpha value is -1.96. The average molecular weight is 290 g/mol. The van der Waals surface area contributed by atoms with Gasteiger partial charge in [-0.05, 0) is 36.0 Å². The molecule has 2 aromatic rings. The molecule has 0 unspecified atom stereocenters. The maximum Gasteiger partial charge on any atom is 0.446 e. The van der Waals surface area contributed by atoms with Crippen molar-refractivity contribution in [1.29, 1.82) is 0 Å². The van der Waals surface area contributed by atoms with Crippen molar-refractivity contribution in [3.05, 3.63) is 40.2 Å². The topological polar surface area (TPSA) is 67.5 Å². The summed E-state index contributed by atoms with van der Waals surface area (Å²) in [6, 6.07) is 4.53. The molecule has 0 aliphatic heterocycles. The molecule has 0 radical (unpaired) electrons. The molecule has 8 heteroatoms. The van der Waals surface area contributed by atoms with Gasteiger partial charge < -0.3 is 9.52 Å². The van der Waals surface area contributed by atoms with Crippen molar-refractivity contribution in [3.63, 3.8) is 0 Å². The molecule has 0 spiro atoms. The van der Waals surface area contributed by atoms with Gasteiger partial charge in [-0.15, -0.1) is 0 Å². The summed E-state index contributed by atoms with van der Waals surface area (Å²) in [5.74, 6) is -1.22. The van der Waals surface area contributed by atoms with Gasteiger partial charge in [-0.2, -0.15) is 13.2 Å². The van der Waals surface area contributed by atoms with Crippen LogP contribution in [0, 0.1) is 0 Å². The van der Waals surface area contributed by atoms with Gasteiger partial charge in [-0.25, -0.2) is 9.59 Å². The van der Waals surface area contributed by atoms with E-state index in [1.165, 1.54) is 12.1 Å². The Balaban J connectivity index is 2.58. The number of hydrogen-bond acceptors (Lipinski definition) is 4. The first-order valence-corrected chi connectivity index (χ1v) is 5.65. The smallest absolute Gasteiger partial charge is 0.446 e. The lowest BCUT2D eigenvalue weighted by molar-refractivity contribution is -0.0329. The molecule has 0 bridgehead atoms. The number of alkyl halides is 3.